The second kappa shape index (κ2) is 9.10. The first-order valence-electron chi connectivity index (χ1n) is 8.94. The molecule has 0 aliphatic rings. The lowest BCUT2D eigenvalue weighted by molar-refractivity contribution is -0.122. The molecule has 0 bridgehead atoms. The van der Waals surface area contributed by atoms with Gasteiger partial charge in [0.05, 0.1) is 12.6 Å². The molecule has 138 valence electrons. The lowest BCUT2D eigenvalue weighted by Crippen LogP contribution is -2.37. The van der Waals surface area contributed by atoms with E-state index in [9.17, 15) is 9.18 Å². The number of carbonyl (C=O) groups excluding carboxylic acids is 1. The van der Waals surface area contributed by atoms with Gasteiger partial charge in [0.1, 0.15) is 5.82 Å². The van der Waals surface area contributed by atoms with Gasteiger partial charge < -0.3 is 5.32 Å². The van der Waals surface area contributed by atoms with Crippen molar-refractivity contribution >= 4 is 5.91 Å². The van der Waals surface area contributed by atoms with Crippen LogP contribution in [0.15, 0.2) is 84.9 Å². The Morgan fingerprint density at radius 2 is 1.41 bits per heavy atom. The number of hydrogen-bond donors (Lipinski definition) is 1. The predicted octanol–water partition coefficient (Wildman–Crippen LogP) is 4.16. The van der Waals surface area contributed by atoms with Crippen molar-refractivity contribution in [3.05, 3.63) is 107 Å². The number of amides is 1. The van der Waals surface area contributed by atoms with Crippen molar-refractivity contribution in [3.8, 4) is 0 Å². The number of halogens is 1. The molecule has 0 aliphatic carbocycles. The van der Waals surface area contributed by atoms with E-state index in [1.165, 1.54) is 6.07 Å². The molecule has 3 nitrogen and oxygen atoms in total. The molecule has 0 atom stereocenters. The highest BCUT2D eigenvalue weighted by Gasteiger charge is 2.17. The van der Waals surface area contributed by atoms with Crippen LogP contribution in [-0.2, 0) is 11.3 Å². The summed E-state index contributed by atoms with van der Waals surface area (Å²) in [5.74, 6) is -0.359. The SMILES string of the molecule is CN(CC(=O)NC(c1ccccc1)c1ccccc1)Cc1ccccc1F. The molecular formula is C23H23FN2O. The van der Waals surface area contributed by atoms with Gasteiger partial charge in [-0.3, -0.25) is 9.69 Å². The minimum atomic E-state index is -0.254. The molecule has 0 heterocycles. The predicted molar refractivity (Wildman–Crippen MR) is 106 cm³/mol. The van der Waals surface area contributed by atoms with Gasteiger partial charge in [0.15, 0.2) is 0 Å². The fourth-order valence-corrected chi connectivity index (χ4v) is 3.08. The zero-order chi connectivity index (χ0) is 19.1. The minimum absolute atomic E-state index is 0.105. The Balaban J connectivity index is 1.69. The van der Waals surface area contributed by atoms with E-state index >= 15 is 0 Å². The maximum absolute atomic E-state index is 13.8. The molecule has 0 aliphatic heterocycles. The van der Waals surface area contributed by atoms with Gasteiger partial charge >= 0.3 is 0 Å². The van der Waals surface area contributed by atoms with Crippen LogP contribution in [0.5, 0.6) is 0 Å². The standard InChI is InChI=1S/C23H23FN2O/c1-26(16-20-14-8-9-15-21(20)24)17-22(27)25-23(18-10-4-2-5-11-18)19-12-6-3-7-13-19/h2-15,23H,16-17H2,1H3,(H,25,27). The van der Waals surface area contributed by atoms with Crippen LogP contribution in [0, 0.1) is 5.82 Å². The first-order chi connectivity index (χ1) is 13.1. The monoisotopic (exact) mass is 362 g/mol. The number of benzene rings is 3. The third kappa shape index (κ3) is 5.25. The van der Waals surface area contributed by atoms with Gasteiger partial charge in [-0.25, -0.2) is 4.39 Å². The highest BCUT2D eigenvalue weighted by Crippen LogP contribution is 2.21. The van der Waals surface area contributed by atoms with E-state index in [-0.39, 0.29) is 24.3 Å². The van der Waals surface area contributed by atoms with Gasteiger partial charge in [-0.1, -0.05) is 78.9 Å². The number of nitrogens with one attached hydrogen (secondary N) is 1. The summed E-state index contributed by atoms with van der Waals surface area (Å²) in [4.78, 5) is 14.4. The summed E-state index contributed by atoms with van der Waals surface area (Å²) < 4.78 is 13.8. The zero-order valence-electron chi connectivity index (χ0n) is 15.3. The van der Waals surface area contributed by atoms with Crippen molar-refractivity contribution < 1.29 is 9.18 Å². The molecule has 0 radical (unpaired) electrons. The highest BCUT2D eigenvalue weighted by molar-refractivity contribution is 5.79. The smallest absolute Gasteiger partial charge is 0.234 e. The number of hydrogen-bond acceptors (Lipinski definition) is 2. The lowest BCUT2D eigenvalue weighted by atomic mass is 9.99. The number of carbonyl (C=O) groups is 1. The van der Waals surface area contributed by atoms with E-state index in [0.29, 0.717) is 12.1 Å². The molecule has 0 fully saturated rings. The Morgan fingerprint density at radius 3 is 1.96 bits per heavy atom. The molecule has 0 aromatic heterocycles. The Hall–Kier alpha value is -2.98. The van der Waals surface area contributed by atoms with Crippen LogP contribution >= 0.6 is 0 Å². The maximum atomic E-state index is 13.8. The van der Waals surface area contributed by atoms with E-state index in [2.05, 4.69) is 5.32 Å². The zero-order valence-corrected chi connectivity index (χ0v) is 15.3. The van der Waals surface area contributed by atoms with Crippen LogP contribution < -0.4 is 5.32 Å². The van der Waals surface area contributed by atoms with Crippen LogP contribution in [0.2, 0.25) is 0 Å². The van der Waals surface area contributed by atoms with E-state index in [1.54, 1.807) is 23.1 Å². The first-order valence-corrected chi connectivity index (χ1v) is 8.94. The molecule has 3 aromatic carbocycles. The van der Waals surface area contributed by atoms with E-state index < -0.39 is 0 Å². The van der Waals surface area contributed by atoms with Crippen LogP contribution in [0.4, 0.5) is 4.39 Å². The topological polar surface area (TPSA) is 32.3 Å². The average molecular weight is 362 g/mol. The minimum Gasteiger partial charge on any atom is -0.344 e. The van der Waals surface area contributed by atoms with Crippen molar-refractivity contribution in [2.45, 2.75) is 12.6 Å². The van der Waals surface area contributed by atoms with Crippen molar-refractivity contribution in [1.29, 1.82) is 0 Å². The third-order valence-electron chi connectivity index (χ3n) is 4.38. The van der Waals surface area contributed by atoms with E-state index in [1.807, 2.05) is 67.7 Å². The summed E-state index contributed by atoms with van der Waals surface area (Å²) in [5.41, 5.74) is 2.62. The Kier molecular flexibility index (Phi) is 6.34. The second-order valence-corrected chi connectivity index (χ2v) is 6.59. The third-order valence-corrected chi connectivity index (χ3v) is 4.38. The fourth-order valence-electron chi connectivity index (χ4n) is 3.08. The van der Waals surface area contributed by atoms with Crippen LogP contribution in [0.3, 0.4) is 0 Å². The van der Waals surface area contributed by atoms with Gasteiger partial charge in [0.2, 0.25) is 5.91 Å². The number of nitrogens with zero attached hydrogens (tertiary/aromatic N) is 1. The molecule has 1 amide bonds. The lowest BCUT2D eigenvalue weighted by Gasteiger charge is -2.22. The van der Waals surface area contributed by atoms with Gasteiger partial charge in [0, 0.05) is 12.1 Å². The Labute approximate surface area is 159 Å². The molecule has 0 saturated carbocycles. The molecule has 3 aromatic rings. The number of likely N-dealkylation sites (N-methyl/N-ethyl adjacent to an activating group) is 1. The average Bonchev–Trinajstić information content (AvgIpc) is 2.69. The number of rotatable bonds is 7. The largest absolute Gasteiger partial charge is 0.344 e. The van der Waals surface area contributed by atoms with Crippen molar-refractivity contribution in [2.75, 3.05) is 13.6 Å². The summed E-state index contributed by atoms with van der Waals surface area (Å²) >= 11 is 0. The van der Waals surface area contributed by atoms with Gasteiger partial charge in [-0.2, -0.15) is 0 Å². The van der Waals surface area contributed by atoms with E-state index in [4.69, 9.17) is 0 Å². The normalized spacial score (nSPS) is 11.0. The Morgan fingerprint density at radius 1 is 0.889 bits per heavy atom. The van der Waals surface area contributed by atoms with Crippen LogP contribution in [-0.4, -0.2) is 24.4 Å². The highest BCUT2D eigenvalue weighted by atomic mass is 19.1. The second-order valence-electron chi connectivity index (χ2n) is 6.59. The van der Waals surface area contributed by atoms with Gasteiger partial charge in [-0.05, 0) is 24.2 Å². The van der Waals surface area contributed by atoms with Crippen molar-refractivity contribution in [2.24, 2.45) is 0 Å². The summed E-state index contributed by atoms with van der Waals surface area (Å²) in [6.07, 6.45) is 0. The van der Waals surface area contributed by atoms with Crippen LogP contribution in [0.1, 0.15) is 22.7 Å². The summed E-state index contributed by atoms with van der Waals surface area (Å²) in [6, 6.07) is 26.2. The van der Waals surface area contributed by atoms with E-state index in [0.717, 1.165) is 11.1 Å². The van der Waals surface area contributed by atoms with Crippen LogP contribution in [0.25, 0.3) is 0 Å². The summed E-state index contributed by atoms with van der Waals surface area (Å²) in [5, 5.41) is 3.11. The van der Waals surface area contributed by atoms with Gasteiger partial charge in [-0.15, -0.1) is 0 Å². The summed E-state index contributed by atoms with van der Waals surface area (Å²) in [7, 11) is 1.81. The van der Waals surface area contributed by atoms with Crippen molar-refractivity contribution in [1.82, 2.24) is 10.2 Å². The molecule has 0 spiro atoms. The molecule has 27 heavy (non-hydrogen) atoms. The van der Waals surface area contributed by atoms with Gasteiger partial charge in [0.25, 0.3) is 0 Å². The fraction of sp³-hybridized carbons (Fsp3) is 0.174. The summed E-state index contributed by atoms with van der Waals surface area (Å²) in [6.45, 7) is 0.561. The Bertz CT molecular complexity index is 828. The first kappa shape index (κ1) is 18.8. The molecule has 1 N–H and O–H groups in total. The molecule has 0 saturated heterocycles. The molecule has 0 unspecified atom stereocenters. The molecular weight excluding hydrogens is 339 g/mol. The quantitative estimate of drug-likeness (QED) is 0.684. The van der Waals surface area contributed by atoms with Crippen molar-refractivity contribution in [3.63, 3.8) is 0 Å². The maximum Gasteiger partial charge on any atom is 0.234 e. The molecule has 4 heteroatoms. The molecule has 3 rings (SSSR count).